The van der Waals surface area contributed by atoms with Gasteiger partial charge < -0.3 is 0 Å². The fraction of sp³-hybridized carbons (Fsp3) is 0.200. The number of nitrogens with zero attached hydrogens (tertiary/aromatic N) is 2. The van der Waals surface area contributed by atoms with Crippen molar-refractivity contribution in [3.05, 3.63) is 102 Å². The molecule has 1 N–H and O–H groups in total. The van der Waals surface area contributed by atoms with E-state index >= 15 is 0 Å². The maximum Gasteiger partial charge on any atom is 0.255 e. The molecular formula is C25H27N3O3S. The lowest BCUT2D eigenvalue weighted by atomic mass is 10.0. The molecule has 0 aliphatic rings. The van der Waals surface area contributed by atoms with Gasteiger partial charge in [0.2, 0.25) is 10.0 Å². The minimum absolute atomic E-state index is 0.0753. The number of benzene rings is 3. The molecule has 3 aromatic rings. The summed E-state index contributed by atoms with van der Waals surface area (Å²) in [5, 5.41) is 3.98. The Kier molecular flexibility index (Phi) is 7.92. The second-order valence-electron chi connectivity index (χ2n) is 7.69. The molecule has 3 aromatic carbocycles. The number of carbonyl (C=O) groups excluding carboxylic acids is 1. The van der Waals surface area contributed by atoms with E-state index in [2.05, 4.69) is 24.4 Å². The molecule has 0 unspecified atom stereocenters. The molecule has 1 amide bonds. The number of nitrogens with one attached hydrogen (secondary N) is 1. The predicted molar refractivity (Wildman–Crippen MR) is 127 cm³/mol. The summed E-state index contributed by atoms with van der Waals surface area (Å²) in [6.07, 6.45) is 1.54. The first-order chi connectivity index (χ1) is 15.4. The van der Waals surface area contributed by atoms with Gasteiger partial charge in [-0.1, -0.05) is 86.6 Å². The molecule has 0 heterocycles. The van der Waals surface area contributed by atoms with Crippen LogP contribution in [0.2, 0.25) is 0 Å². The van der Waals surface area contributed by atoms with E-state index in [0.717, 1.165) is 15.4 Å². The van der Waals surface area contributed by atoms with Crippen molar-refractivity contribution in [2.75, 3.05) is 6.54 Å². The number of carbonyl (C=O) groups is 1. The highest BCUT2D eigenvalue weighted by molar-refractivity contribution is 7.89. The molecule has 0 saturated heterocycles. The van der Waals surface area contributed by atoms with Crippen LogP contribution in [-0.2, 0) is 21.4 Å². The average Bonchev–Trinajstić information content (AvgIpc) is 2.80. The number of rotatable bonds is 9. The van der Waals surface area contributed by atoms with Crippen molar-refractivity contribution in [2.24, 2.45) is 5.10 Å². The van der Waals surface area contributed by atoms with Gasteiger partial charge in [-0.15, -0.1) is 0 Å². The Bertz CT molecular complexity index is 1140. The quantitative estimate of drug-likeness (QED) is 0.394. The molecule has 32 heavy (non-hydrogen) atoms. The summed E-state index contributed by atoms with van der Waals surface area (Å²) < 4.78 is 27.5. The third kappa shape index (κ3) is 6.35. The van der Waals surface area contributed by atoms with Gasteiger partial charge in [0.25, 0.3) is 5.91 Å². The van der Waals surface area contributed by atoms with E-state index in [1.807, 2.05) is 54.6 Å². The number of hydrogen-bond acceptors (Lipinski definition) is 4. The molecule has 0 fully saturated rings. The Balaban J connectivity index is 1.71. The summed E-state index contributed by atoms with van der Waals surface area (Å²) in [5.41, 5.74) is 5.28. The topological polar surface area (TPSA) is 78.8 Å². The van der Waals surface area contributed by atoms with Crippen molar-refractivity contribution < 1.29 is 13.2 Å². The molecular weight excluding hydrogens is 422 g/mol. The van der Waals surface area contributed by atoms with E-state index < -0.39 is 15.9 Å². The second-order valence-corrected chi connectivity index (χ2v) is 9.62. The van der Waals surface area contributed by atoms with Crippen LogP contribution in [0.3, 0.4) is 0 Å². The fourth-order valence-electron chi connectivity index (χ4n) is 3.10. The number of amides is 1. The monoisotopic (exact) mass is 449 g/mol. The van der Waals surface area contributed by atoms with E-state index in [1.54, 1.807) is 18.2 Å². The zero-order valence-corrected chi connectivity index (χ0v) is 19.0. The van der Waals surface area contributed by atoms with Gasteiger partial charge in [-0.3, -0.25) is 4.79 Å². The van der Waals surface area contributed by atoms with Gasteiger partial charge in [0, 0.05) is 6.54 Å². The molecule has 0 aliphatic heterocycles. The number of hydrazone groups is 1. The molecule has 0 saturated carbocycles. The first kappa shape index (κ1) is 23.4. The summed E-state index contributed by atoms with van der Waals surface area (Å²) in [5.74, 6) is -0.0849. The van der Waals surface area contributed by atoms with Gasteiger partial charge >= 0.3 is 0 Å². The van der Waals surface area contributed by atoms with Gasteiger partial charge in [0.15, 0.2) is 0 Å². The summed E-state index contributed by atoms with van der Waals surface area (Å²) >= 11 is 0. The summed E-state index contributed by atoms with van der Waals surface area (Å²) in [6, 6.07) is 25.1. The first-order valence-corrected chi connectivity index (χ1v) is 11.8. The number of hydrogen-bond donors (Lipinski definition) is 1. The first-order valence-electron chi connectivity index (χ1n) is 10.4. The van der Waals surface area contributed by atoms with Crippen LogP contribution >= 0.6 is 0 Å². The van der Waals surface area contributed by atoms with E-state index in [9.17, 15) is 13.2 Å². The maximum absolute atomic E-state index is 13.2. The average molecular weight is 450 g/mol. The van der Waals surface area contributed by atoms with E-state index in [-0.39, 0.29) is 18.0 Å². The third-order valence-corrected chi connectivity index (χ3v) is 6.71. The Hall–Kier alpha value is -3.29. The van der Waals surface area contributed by atoms with Crippen LogP contribution in [-0.4, -0.2) is 31.4 Å². The fourth-order valence-corrected chi connectivity index (χ4v) is 4.50. The highest BCUT2D eigenvalue weighted by Gasteiger charge is 2.26. The zero-order valence-electron chi connectivity index (χ0n) is 18.2. The lowest BCUT2D eigenvalue weighted by Crippen LogP contribution is -2.39. The third-order valence-electron chi connectivity index (χ3n) is 4.91. The lowest BCUT2D eigenvalue weighted by molar-refractivity contribution is -0.121. The van der Waals surface area contributed by atoms with Crippen LogP contribution < -0.4 is 5.43 Å². The minimum Gasteiger partial charge on any atom is -0.272 e. The maximum atomic E-state index is 13.2. The van der Waals surface area contributed by atoms with Gasteiger partial charge in [-0.05, 0) is 34.7 Å². The minimum atomic E-state index is -3.86. The molecule has 0 aliphatic carbocycles. The highest BCUT2D eigenvalue weighted by atomic mass is 32.2. The van der Waals surface area contributed by atoms with E-state index in [4.69, 9.17) is 0 Å². The van der Waals surface area contributed by atoms with E-state index in [0.29, 0.717) is 5.92 Å². The van der Waals surface area contributed by atoms with Crippen molar-refractivity contribution in [1.82, 2.24) is 9.73 Å². The lowest BCUT2D eigenvalue weighted by Gasteiger charge is -2.21. The SMILES string of the molecule is CC(C)c1ccc(C=NNC(=O)CN(Cc2ccccc2)S(=O)(=O)c2ccccc2)cc1. The highest BCUT2D eigenvalue weighted by Crippen LogP contribution is 2.18. The second kappa shape index (κ2) is 10.8. The van der Waals surface area contributed by atoms with Crippen LogP contribution in [0, 0.1) is 0 Å². The standard InChI is InChI=1S/C25H27N3O3S/c1-20(2)23-15-13-21(14-16-23)17-26-27-25(29)19-28(18-22-9-5-3-6-10-22)32(30,31)24-11-7-4-8-12-24/h3-17,20H,18-19H2,1-2H3,(H,27,29). The Morgan fingerprint density at radius 1 is 0.938 bits per heavy atom. The molecule has 6 nitrogen and oxygen atoms in total. The van der Waals surface area contributed by atoms with Crippen molar-refractivity contribution in [2.45, 2.75) is 31.2 Å². The Labute approximate surface area is 189 Å². The smallest absolute Gasteiger partial charge is 0.255 e. The summed E-state index contributed by atoms with van der Waals surface area (Å²) in [6.45, 7) is 3.96. The molecule has 0 radical (unpaired) electrons. The largest absolute Gasteiger partial charge is 0.272 e. The summed E-state index contributed by atoms with van der Waals surface area (Å²) in [7, 11) is -3.86. The van der Waals surface area contributed by atoms with Gasteiger partial charge in [0.1, 0.15) is 0 Å². The molecule has 0 atom stereocenters. The molecule has 0 aromatic heterocycles. The van der Waals surface area contributed by atoms with Gasteiger partial charge in [-0.25, -0.2) is 13.8 Å². The van der Waals surface area contributed by atoms with Crippen LogP contribution in [0.1, 0.15) is 36.5 Å². The Morgan fingerprint density at radius 3 is 2.12 bits per heavy atom. The summed E-state index contributed by atoms with van der Waals surface area (Å²) in [4.78, 5) is 12.7. The van der Waals surface area contributed by atoms with Crippen molar-refractivity contribution >= 4 is 22.1 Å². The van der Waals surface area contributed by atoms with Crippen LogP contribution in [0.4, 0.5) is 0 Å². The van der Waals surface area contributed by atoms with Gasteiger partial charge in [0.05, 0.1) is 17.7 Å². The van der Waals surface area contributed by atoms with Crippen LogP contribution in [0.15, 0.2) is 94.9 Å². The molecule has 7 heteroatoms. The van der Waals surface area contributed by atoms with Crippen LogP contribution in [0.25, 0.3) is 0 Å². The number of sulfonamides is 1. The van der Waals surface area contributed by atoms with E-state index in [1.165, 1.54) is 23.9 Å². The van der Waals surface area contributed by atoms with Crippen molar-refractivity contribution in [1.29, 1.82) is 0 Å². The molecule has 0 spiro atoms. The normalized spacial score (nSPS) is 11.9. The zero-order chi connectivity index (χ0) is 23.0. The molecule has 3 rings (SSSR count). The molecule has 0 bridgehead atoms. The predicted octanol–water partition coefficient (Wildman–Crippen LogP) is 4.15. The van der Waals surface area contributed by atoms with Gasteiger partial charge in [-0.2, -0.15) is 9.41 Å². The van der Waals surface area contributed by atoms with Crippen molar-refractivity contribution in [3.63, 3.8) is 0 Å². The molecule has 166 valence electrons. The Morgan fingerprint density at radius 2 is 1.53 bits per heavy atom. The van der Waals surface area contributed by atoms with Crippen LogP contribution in [0.5, 0.6) is 0 Å². The van der Waals surface area contributed by atoms with Crippen molar-refractivity contribution in [3.8, 4) is 0 Å².